The topological polar surface area (TPSA) is 79.8 Å². The first kappa shape index (κ1) is 20.9. The van der Waals surface area contributed by atoms with Crippen molar-refractivity contribution in [2.24, 2.45) is 5.92 Å². The molecule has 162 valence electrons. The molecule has 3 heterocycles. The zero-order valence-electron chi connectivity index (χ0n) is 16.9. The van der Waals surface area contributed by atoms with Gasteiger partial charge in [0.15, 0.2) is 0 Å². The van der Waals surface area contributed by atoms with Crippen LogP contribution in [0.1, 0.15) is 32.8 Å². The predicted octanol–water partition coefficient (Wildman–Crippen LogP) is 3.41. The number of nitrogens with zero attached hydrogens (tertiary/aromatic N) is 3. The molecule has 0 N–H and O–H groups in total. The van der Waals surface area contributed by atoms with Crippen LogP contribution in [0.2, 0.25) is 0 Å². The van der Waals surface area contributed by atoms with Crippen LogP contribution in [-0.2, 0) is 14.8 Å². The van der Waals surface area contributed by atoms with Gasteiger partial charge in [-0.25, -0.2) is 22.0 Å². The van der Waals surface area contributed by atoms with E-state index >= 15 is 0 Å². The maximum atomic E-state index is 13.5. The average Bonchev–Trinajstić information content (AvgIpc) is 2.96. The quantitative estimate of drug-likeness (QED) is 0.732. The number of carbonyl (C=O) groups excluding carboxylic acids is 1. The minimum absolute atomic E-state index is 0.00138. The van der Waals surface area contributed by atoms with Crippen LogP contribution < -0.4 is 0 Å². The number of rotatable bonds is 3. The molecule has 0 bridgehead atoms. The lowest BCUT2D eigenvalue weighted by Crippen LogP contribution is -2.59. The lowest BCUT2D eigenvalue weighted by Gasteiger charge is -2.43. The highest BCUT2D eigenvalue weighted by atomic mass is 32.2. The summed E-state index contributed by atoms with van der Waals surface area (Å²) in [5, 5.41) is 0.331. The van der Waals surface area contributed by atoms with E-state index in [1.807, 2.05) is 0 Å². The molecule has 1 amide bonds. The summed E-state index contributed by atoms with van der Waals surface area (Å²) >= 11 is 0. The van der Waals surface area contributed by atoms with Gasteiger partial charge in [0.05, 0.1) is 10.9 Å². The second-order valence-electron chi connectivity index (χ2n) is 8.67. The molecule has 30 heavy (non-hydrogen) atoms. The van der Waals surface area contributed by atoms with Crippen LogP contribution in [0.3, 0.4) is 0 Å². The Bertz CT molecular complexity index is 1100. The van der Waals surface area contributed by atoms with E-state index in [1.54, 1.807) is 26.8 Å². The number of halogens is 2. The summed E-state index contributed by atoms with van der Waals surface area (Å²) in [6.07, 6.45) is -0.948. The van der Waals surface area contributed by atoms with Crippen LogP contribution in [0.15, 0.2) is 35.5 Å². The summed E-state index contributed by atoms with van der Waals surface area (Å²) < 4.78 is 60.5. The van der Waals surface area contributed by atoms with E-state index in [0.29, 0.717) is 11.9 Å². The van der Waals surface area contributed by atoms with Crippen LogP contribution in [0, 0.1) is 5.92 Å². The fourth-order valence-electron chi connectivity index (χ4n) is 4.07. The number of hydrogen-bond acceptors (Lipinski definition) is 5. The van der Waals surface area contributed by atoms with Gasteiger partial charge in [-0.3, -0.25) is 4.98 Å². The Morgan fingerprint density at radius 3 is 2.60 bits per heavy atom. The van der Waals surface area contributed by atoms with E-state index < -0.39 is 33.7 Å². The fourth-order valence-corrected chi connectivity index (χ4v) is 5.83. The van der Waals surface area contributed by atoms with Crippen molar-refractivity contribution in [3.8, 4) is 0 Å². The third-order valence-electron chi connectivity index (χ3n) is 5.46. The van der Waals surface area contributed by atoms with Crippen LogP contribution in [0.5, 0.6) is 0 Å². The van der Waals surface area contributed by atoms with Crippen molar-refractivity contribution in [1.82, 2.24) is 14.2 Å². The molecule has 10 heteroatoms. The van der Waals surface area contributed by atoms with Crippen molar-refractivity contribution in [3.63, 3.8) is 0 Å². The Kier molecular flexibility index (Phi) is 4.97. The van der Waals surface area contributed by atoms with Gasteiger partial charge in [0.25, 0.3) is 6.43 Å². The summed E-state index contributed by atoms with van der Waals surface area (Å²) in [7, 11) is -4.04. The number of likely N-dealkylation sites (tertiary alicyclic amines) is 1. The standard InChI is InChI=1S/C20H23F2N3O4S/c1-20(2,3)29-19(26)25-10-13-9-24(11-15(13)25)30(27,28)16-6-4-5-12-7-23-8-14(17(12)16)18(21)22/h4-8,13,15,18H,9-11H2,1-3H3. The van der Waals surface area contributed by atoms with Crippen molar-refractivity contribution in [2.45, 2.75) is 43.7 Å². The molecule has 2 aliphatic heterocycles. The lowest BCUT2D eigenvalue weighted by atomic mass is 9.93. The highest BCUT2D eigenvalue weighted by Gasteiger charge is 2.52. The number of benzene rings is 1. The smallest absolute Gasteiger partial charge is 0.410 e. The second kappa shape index (κ2) is 7.12. The molecule has 2 fully saturated rings. The van der Waals surface area contributed by atoms with Crippen LogP contribution >= 0.6 is 0 Å². The number of carbonyl (C=O) groups is 1. The molecule has 2 aliphatic rings. The summed E-state index contributed by atoms with van der Waals surface area (Å²) in [6, 6.07) is 4.14. The third-order valence-corrected chi connectivity index (χ3v) is 7.33. The van der Waals surface area contributed by atoms with Crippen molar-refractivity contribution < 1.29 is 26.7 Å². The largest absolute Gasteiger partial charge is 0.444 e. The Morgan fingerprint density at radius 2 is 1.93 bits per heavy atom. The summed E-state index contributed by atoms with van der Waals surface area (Å²) in [5.74, 6) is -0.00138. The number of fused-ring (bicyclic) bond motifs is 2. The molecule has 2 aromatic rings. The Hall–Kier alpha value is -2.33. The lowest BCUT2D eigenvalue weighted by molar-refractivity contribution is -0.0164. The van der Waals surface area contributed by atoms with Gasteiger partial charge in [-0.2, -0.15) is 4.31 Å². The average molecular weight is 439 g/mol. The maximum Gasteiger partial charge on any atom is 0.410 e. The zero-order chi connectivity index (χ0) is 21.8. The molecular formula is C20H23F2N3O4S. The Morgan fingerprint density at radius 1 is 1.20 bits per heavy atom. The normalized spacial score (nSPS) is 22.3. The van der Waals surface area contributed by atoms with Crippen LogP contribution in [0.4, 0.5) is 13.6 Å². The number of alkyl halides is 2. The number of aromatic nitrogens is 1. The monoisotopic (exact) mass is 439 g/mol. The number of amides is 1. The Balaban J connectivity index is 1.63. The maximum absolute atomic E-state index is 13.5. The summed E-state index contributed by atoms with van der Waals surface area (Å²) in [5.41, 5.74) is -1.06. The molecule has 0 spiro atoms. The number of hydrogen-bond donors (Lipinski definition) is 0. The molecule has 2 atom stereocenters. The van der Waals surface area contributed by atoms with Crippen molar-refractivity contribution in [3.05, 3.63) is 36.2 Å². The molecule has 2 saturated heterocycles. The van der Waals surface area contributed by atoms with E-state index in [4.69, 9.17) is 4.74 Å². The Labute approximate surface area is 173 Å². The highest BCUT2D eigenvalue weighted by Crippen LogP contribution is 2.39. The van der Waals surface area contributed by atoms with Crippen LogP contribution in [0.25, 0.3) is 10.8 Å². The first-order valence-corrected chi connectivity index (χ1v) is 11.1. The van der Waals surface area contributed by atoms with Crippen molar-refractivity contribution in [1.29, 1.82) is 0 Å². The van der Waals surface area contributed by atoms with Gasteiger partial charge < -0.3 is 9.64 Å². The van der Waals surface area contributed by atoms with E-state index in [0.717, 1.165) is 6.20 Å². The van der Waals surface area contributed by atoms with E-state index in [2.05, 4.69) is 4.98 Å². The molecule has 1 aromatic heterocycles. The first-order valence-electron chi connectivity index (χ1n) is 9.63. The molecule has 4 rings (SSSR count). The van der Waals surface area contributed by atoms with Crippen molar-refractivity contribution in [2.75, 3.05) is 19.6 Å². The van der Waals surface area contributed by atoms with Gasteiger partial charge in [0.1, 0.15) is 5.60 Å². The van der Waals surface area contributed by atoms with Gasteiger partial charge in [-0.1, -0.05) is 12.1 Å². The molecule has 7 nitrogen and oxygen atoms in total. The third kappa shape index (κ3) is 3.51. The number of sulfonamides is 1. The van der Waals surface area contributed by atoms with Gasteiger partial charge in [0.2, 0.25) is 10.0 Å². The predicted molar refractivity (Wildman–Crippen MR) is 106 cm³/mol. The number of pyridine rings is 1. The van der Waals surface area contributed by atoms with Gasteiger partial charge in [0, 0.05) is 54.3 Å². The van der Waals surface area contributed by atoms with Crippen molar-refractivity contribution >= 4 is 26.9 Å². The molecule has 1 aromatic carbocycles. The minimum Gasteiger partial charge on any atom is -0.444 e. The first-order chi connectivity index (χ1) is 14.0. The van der Waals surface area contributed by atoms with E-state index in [-0.39, 0.29) is 35.3 Å². The molecule has 0 aliphatic carbocycles. The van der Waals surface area contributed by atoms with Gasteiger partial charge in [-0.05, 0) is 26.8 Å². The summed E-state index contributed by atoms with van der Waals surface area (Å²) in [6.45, 7) is 6.06. The van der Waals surface area contributed by atoms with E-state index in [1.165, 1.54) is 27.5 Å². The molecule has 0 saturated carbocycles. The number of ether oxygens (including phenoxy) is 1. The second-order valence-corrected chi connectivity index (χ2v) is 10.6. The molecule has 0 radical (unpaired) electrons. The zero-order valence-corrected chi connectivity index (χ0v) is 17.7. The van der Waals surface area contributed by atoms with Gasteiger partial charge >= 0.3 is 6.09 Å². The van der Waals surface area contributed by atoms with Gasteiger partial charge in [-0.15, -0.1) is 0 Å². The molecule has 2 unspecified atom stereocenters. The summed E-state index contributed by atoms with van der Waals surface area (Å²) in [4.78, 5) is 17.5. The SMILES string of the molecule is CC(C)(C)OC(=O)N1CC2CN(S(=O)(=O)c3cccc4cncc(C(F)F)c34)CC21. The fraction of sp³-hybridized carbons (Fsp3) is 0.500. The van der Waals surface area contributed by atoms with E-state index in [9.17, 15) is 22.0 Å². The minimum atomic E-state index is -4.04. The highest BCUT2D eigenvalue weighted by molar-refractivity contribution is 7.89. The van der Waals surface area contributed by atoms with Crippen LogP contribution in [-0.4, -0.2) is 60.0 Å². The molecular weight excluding hydrogens is 416 g/mol.